The highest BCUT2D eigenvalue weighted by Crippen LogP contribution is 2.28. The minimum absolute atomic E-state index is 0.0557. The molecule has 1 amide bonds. The normalized spacial score (nSPS) is 15.3. The van der Waals surface area contributed by atoms with Crippen molar-refractivity contribution < 1.29 is 33.6 Å². The van der Waals surface area contributed by atoms with E-state index in [4.69, 9.17) is 18.9 Å². The Morgan fingerprint density at radius 2 is 1.89 bits per heavy atom. The third-order valence-electron chi connectivity index (χ3n) is 3.91. The van der Waals surface area contributed by atoms with E-state index in [0.717, 1.165) is 0 Å². The molecule has 8 nitrogen and oxygen atoms in total. The van der Waals surface area contributed by atoms with E-state index in [1.54, 1.807) is 17.0 Å². The number of piperidine rings is 1. The van der Waals surface area contributed by atoms with Crippen molar-refractivity contribution >= 4 is 12.1 Å². The van der Waals surface area contributed by atoms with E-state index < -0.39 is 11.6 Å². The lowest BCUT2D eigenvalue weighted by molar-refractivity contribution is 0.0125. The van der Waals surface area contributed by atoms with Gasteiger partial charge in [-0.25, -0.2) is 9.59 Å². The monoisotopic (exact) mass is 381 g/mol. The van der Waals surface area contributed by atoms with E-state index in [1.165, 1.54) is 13.2 Å². The number of amides is 1. The van der Waals surface area contributed by atoms with Crippen molar-refractivity contribution in [3.63, 3.8) is 0 Å². The van der Waals surface area contributed by atoms with E-state index in [9.17, 15) is 14.7 Å². The van der Waals surface area contributed by atoms with Crippen molar-refractivity contribution in [2.45, 2.75) is 45.3 Å². The minimum Gasteiger partial charge on any atom is -0.489 e. The van der Waals surface area contributed by atoms with Gasteiger partial charge in [0.25, 0.3) is 0 Å². The summed E-state index contributed by atoms with van der Waals surface area (Å²) in [5.74, 6) is -0.371. The third-order valence-corrected chi connectivity index (χ3v) is 3.91. The van der Waals surface area contributed by atoms with Crippen LogP contribution in [0.2, 0.25) is 0 Å². The first-order valence-electron chi connectivity index (χ1n) is 8.83. The average Bonchev–Trinajstić information content (AvgIpc) is 2.59. The predicted molar refractivity (Wildman–Crippen MR) is 97.4 cm³/mol. The molecule has 0 bridgehead atoms. The highest BCUT2D eigenvalue weighted by molar-refractivity contribution is 5.91. The lowest BCUT2D eigenvalue weighted by atomic mass is 10.1. The van der Waals surface area contributed by atoms with Gasteiger partial charge in [-0.1, -0.05) is 0 Å². The average molecular weight is 381 g/mol. The van der Waals surface area contributed by atoms with Crippen LogP contribution in [0.5, 0.6) is 11.5 Å². The number of hydrogen-bond donors (Lipinski definition) is 1. The molecular formula is C19H27NO7. The van der Waals surface area contributed by atoms with Gasteiger partial charge in [0.05, 0.1) is 0 Å². The minimum atomic E-state index is -1.07. The number of likely N-dealkylation sites (tertiary alicyclic amines) is 1. The van der Waals surface area contributed by atoms with Crippen molar-refractivity contribution in [1.29, 1.82) is 0 Å². The molecule has 2 rings (SSSR count). The number of ether oxygens (including phenoxy) is 4. The van der Waals surface area contributed by atoms with Gasteiger partial charge in [-0.3, -0.25) is 0 Å². The maximum atomic E-state index is 12.1. The molecule has 0 unspecified atom stereocenters. The van der Waals surface area contributed by atoms with E-state index in [0.29, 0.717) is 31.7 Å². The lowest BCUT2D eigenvalue weighted by Gasteiger charge is -2.33. The van der Waals surface area contributed by atoms with Crippen LogP contribution in [0.4, 0.5) is 4.79 Å². The maximum absolute atomic E-state index is 12.1. The van der Waals surface area contributed by atoms with Crippen molar-refractivity contribution in [2.24, 2.45) is 0 Å². The molecule has 1 heterocycles. The summed E-state index contributed by atoms with van der Waals surface area (Å²) < 4.78 is 21.5. The highest BCUT2D eigenvalue weighted by atomic mass is 16.7. The number of carbonyl (C=O) groups is 2. The van der Waals surface area contributed by atoms with E-state index in [1.807, 2.05) is 20.8 Å². The van der Waals surface area contributed by atoms with Gasteiger partial charge in [0, 0.05) is 39.1 Å². The Bertz CT molecular complexity index is 661. The van der Waals surface area contributed by atoms with Crippen LogP contribution in [0.1, 0.15) is 44.0 Å². The summed E-state index contributed by atoms with van der Waals surface area (Å²) in [4.78, 5) is 25.2. The molecule has 0 radical (unpaired) electrons. The number of carboxylic acids is 1. The zero-order chi connectivity index (χ0) is 20.0. The summed E-state index contributed by atoms with van der Waals surface area (Å²) in [6.45, 7) is 6.51. The van der Waals surface area contributed by atoms with Crippen LogP contribution in [-0.4, -0.2) is 60.8 Å². The molecule has 0 atom stereocenters. The maximum Gasteiger partial charge on any atom is 0.410 e. The summed E-state index contributed by atoms with van der Waals surface area (Å²) in [5.41, 5.74) is -0.474. The standard InChI is InChI=1S/C19H27NO7/c1-19(2,3)27-18(23)20-9-7-13(8-10-20)26-16-11-14(25-12-24-4)5-6-15(16)17(21)22/h5-6,11,13H,7-10,12H2,1-4H3,(H,21,22). The molecule has 1 N–H and O–H groups in total. The molecule has 0 aliphatic carbocycles. The van der Waals surface area contributed by atoms with Crippen molar-refractivity contribution in [3.05, 3.63) is 23.8 Å². The van der Waals surface area contributed by atoms with Crippen LogP contribution in [0.25, 0.3) is 0 Å². The number of nitrogens with zero attached hydrogens (tertiary/aromatic N) is 1. The summed E-state index contributed by atoms with van der Waals surface area (Å²) in [6, 6.07) is 4.54. The number of hydrogen-bond acceptors (Lipinski definition) is 6. The molecule has 0 spiro atoms. The number of carboxylic acid groups (broad SMARTS) is 1. The highest BCUT2D eigenvalue weighted by Gasteiger charge is 2.28. The first kappa shape index (κ1) is 20.8. The van der Waals surface area contributed by atoms with Crippen LogP contribution in [-0.2, 0) is 9.47 Å². The molecule has 1 aromatic rings. The SMILES string of the molecule is COCOc1ccc(C(=O)O)c(OC2CCN(C(=O)OC(C)(C)C)CC2)c1. The molecule has 1 aliphatic heterocycles. The third kappa shape index (κ3) is 6.32. The zero-order valence-electron chi connectivity index (χ0n) is 16.2. The molecule has 1 aliphatic rings. The van der Waals surface area contributed by atoms with Crippen molar-refractivity contribution in [3.8, 4) is 11.5 Å². The Morgan fingerprint density at radius 1 is 1.22 bits per heavy atom. The van der Waals surface area contributed by atoms with Gasteiger partial charge in [0.15, 0.2) is 6.79 Å². The fourth-order valence-electron chi connectivity index (χ4n) is 2.66. The molecule has 1 saturated heterocycles. The molecule has 0 saturated carbocycles. The molecular weight excluding hydrogens is 354 g/mol. The van der Waals surface area contributed by atoms with Gasteiger partial charge in [-0.05, 0) is 32.9 Å². The molecule has 0 aromatic heterocycles. The summed E-state index contributed by atoms with van der Waals surface area (Å²) >= 11 is 0. The van der Waals surface area contributed by atoms with Crippen molar-refractivity contribution in [2.75, 3.05) is 27.0 Å². The largest absolute Gasteiger partial charge is 0.489 e. The van der Waals surface area contributed by atoms with Gasteiger partial charge < -0.3 is 29.0 Å². The molecule has 150 valence electrons. The van der Waals surface area contributed by atoms with Gasteiger partial charge in [0.2, 0.25) is 0 Å². The van der Waals surface area contributed by atoms with Crippen LogP contribution in [0.3, 0.4) is 0 Å². The molecule has 1 aromatic carbocycles. The van der Waals surface area contributed by atoms with Gasteiger partial charge in [-0.2, -0.15) is 0 Å². The first-order valence-corrected chi connectivity index (χ1v) is 8.83. The van der Waals surface area contributed by atoms with Crippen molar-refractivity contribution in [1.82, 2.24) is 4.90 Å². The second-order valence-corrected chi connectivity index (χ2v) is 7.30. The first-order chi connectivity index (χ1) is 12.7. The Balaban J connectivity index is 1.99. The smallest absolute Gasteiger partial charge is 0.410 e. The fourth-order valence-corrected chi connectivity index (χ4v) is 2.66. The Kier molecular flexibility index (Phi) is 6.90. The van der Waals surface area contributed by atoms with E-state index >= 15 is 0 Å². The second kappa shape index (κ2) is 8.94. The van der Waals surface area contributed by atoms with Gasteiger partial charge in [0.1, 0.15) is 28.8 Å². The quantitative estimate of drug-likeness (QED) is 0.756. The molecule has 8 heteroatoms. The van der Waals surface area contributed by atoms with E-state index in [-0.39, 0.29) is 30.3 Å². The topological polar surface area (TPSA) is 94.5 Å². The number of benzene rings is 1. The Morgan fingerprint density at radius 3 is 2.44 bits per heavy atom. The summed E-state index contributed by atoms with van der Waals surface area (Å²) in [5, 5.41) is 9.37. The Labute approximate surface area is 159 Å². The Hall–Kier alpha value is -2.48. The summed E-state index contributed by atoms with van der Waals surface area (Å²) in [6.07, 6.45) is 0.629. The van der Waals surface area contributed by atoms with E-state index in [2.05, 4.69) is 0 Å². The number of rotatable bonds is 6. The second-order valence-electron chi connectivity index (χ2n) is 7.30. The number of aromatic carboxylic acids is 1. The van der Waals surface area contributed by atoms with Gasteiger partial charge in [-0.15, -0.1) is 0 Å². The fraction of sp³-hybridized carbons (Fsp3) is 0.579. The lowest BCUT2D eigenvalue weighted by Crippen LogP contribution is -2.44. The van der Waals surface area contributed by atoms with Crippen LogP contribution < -0.4 is 9.47 Å². The van der Waals surface area contributed by atoms with Crippen LogP contribution >= 0.6 is 0 Å². The van der Waals surface area contributed by atoms with Gasteiger partial charge >= 0.3 is 12.1 Å². The summed E-state index contributed by atoms with van der Waals surface area (Å²) in [7, 11) is 1.50. The zero-order valence-corrected chi connectivity index (χ0v) is 16.2. The predicted octanol–water partition coefficient (Wildman–Crippen LogP) is 3.15. The molecule has 1 fully saturated rings. The number of carbonyl (C=O) groups excluding carboxylic acids is 1. The molecule has 27 heavy (non-hydrogen) atoms. The van der Waals surface area contributed by atoms with Crippen LogP contribution in [0.15, 0.2) is 18.2 Å². The number of methoxy groups -OCH3 is 1. The van der Waals surface area contributed by atoms with Crippen LogP contribution in [0, 0.1) is 0 Å².